The number of hydrogen-bond donors (Lipinski definition) is 0. The average Bonchev–Trinajstić information content (AvgIpc) is 3.74. The lowest BCUT2D eigenvalue weighted by Gasteiger charge is -2.23. The number of methoxy groups -OCH3 is 2. The van der Waals surface area contributed by atoms with E-state index >= 15 is 0 Å². The molecule has 0 N–H and O–H groups in total. The van der Waals surface area contributed by atoms with Crippen LogP contribution in [0.15, 0.2) is 78.2 Å². The van der Waals surface area contributed by atoms with Gasteiger partial charge >= 0.3 is 0 Å². The molecular formula is C34H41N3O4S. The SMILES string of the molecule is COc1cccc(CCOCCOCc2csc(N(Cc3ccc(N4CCCC4)cc3)Cc3cccc(OC)c3)n2)c1. The van der Waals surface area contributed by atoms with Crippen molar-refractivity contribution in [2.75, 3.05) is 56.9 Å². The number of anilines is 2. The smallest absolute Gasteiger partial charge is 0.186 e. The molecule has 5 rings (SSSR count). The van der Waals surface area contributed by atoms with Crippen LogP contribution in [0.1, 0.15) is 35.2 Å². The standard InChI is InChI=1S/C34H41N3O4S/c1-38-32-9-5-7-27(21-32)15-18-40-19-20-41-25-30-26-42-34(35-30)37(24-29-8-6-10-33(22-29)39-2)23-28-11-13-31(14-12-28)36-16-3-4-17-36/h5-14,21-22,26H,3-4,15-20,23-25H2,1-2H3. The third kappa shape index (κ3) is 8.71. The molecule has 0 spiro atoms. The lowest BCUT2D eigenvalue weighted by Crippen LogP contribution is -2.22. The first-order chi connectivity index (χ1) is 20.7. The highest BCUT2D eigenvalue weighted by Gasteiger charge is 2.16. The van der Waals surface area contributed by atoms with Gasteiger partial charge in [-0.15, -0.1) is 11.3 Å². The Morgan fingerprint density at radius 1 is 0.762 bits per heavy atom. The molecule has 0 atom stereocenters. The largest absolute Gasteiger partial charge is 0.497 e. The quantitative estimate of drug-likeness (QED) is 0.135. The number of ether oxygens (including phenoxy) is 4. The summed E-state index contributed by atoms with van der Waals surface area (Å²) in [6.07, 6.45) is 3.41. The van der Waals surface area contributed by atoms with E-state index in [4.69, 9.17) is 23.9 Å². The van der Waals surface area contributed by atoms with Gasteiger partial charge in [0.15, 0.2) is 5.13 Å². The first-order valence-electron chi connectivity index (χ1n) is 14.6. The minimum absolute atomic E-state index is 0.466. The van der Waals surface area contributed by atoms with Crippen LogP contribution in [0.2, 0.25) is 0 Å². The molecule has 0 saturated carbocycles. The summed E-state index contributed by atoms with van der Waals surface area (Å²) in [7, 11) is 3.39. The van der Waals surface area contributed by atoms with Crippen LogP contribution in [0.3, 0.4) is 0 Å². The van der Waals surface area contributed by atoms with E-state index in [1.54, 1.807) is 25.6 Å². The normalized spacial score (nSPS) is 13.0. The molecule has 4 aromatic rings. The van der Waals surface area contributed by atoms with Gasteiger partial charge in [-0.05, 0) is 72.4 Å². The predicted molar refractivity (Wildman–Crippen MR) is 170 cm³/mol. The van der Waals surface area contributed by atoms with E-state index in [2.05, 4.69) is 57.6 Å². The van der Waals surface area contributed by atoms with Crippen LogP contribution in [0, 0.1) is 0 Å². The molecule has 42 heavy (non-hydrogen) atoms. The first-order valence-corrected chi connectivity index (χ1v) is 15.5. The highest BCUT2D eigenvalue weighted by Crippen LogP contribution is 2.27. The summed E-state index contributed by atoms with van der Waals surface area (Å²) in [5, 5.41) is 3.07. The molecule has 1 aliphatic rings. The van der Waals surface area contributed by atoms with E-state index in [1.807, 2.05) is 30.3 Å². The molecule has 0 unspecified atom stereocenters. The van der Waals surface area contributed by atoms with Crippen molar-refractivity contribution in [3.63, 3.8) is 0 Å². The Balaban J connectivity index is 1.14. The Labute approximate surface area is 253 Å². The molecule has 7 nitrogen and oxygen atoms in total. The summed E-state index contributed by atoms with van der Waals surface area (Å²) >= 11 is 1.66. The average molecular weight is 588 g/mol. The van der Waals surface area contributed by atoms with Crippen LogP contribution in [0.4, 0.5) is 10.8 Å². The van der Waals surface area contributed by atoms with Crippen LogP contribution >= 0.6 is 11.3 Å². The van der Waals surface area contributed by atoms with Crippen molar-refractivity contribution in [1.82, 2.24) is 4.98 Å². The van der Waals surface area contributed by atoms with E-state index in [-0.39, 0.29) is 0 Å². The maximum Gasteiger partial charge on any atom is 0.186 e. The van der Waals surface area contributed by atoms with Gasteiger partial charge in [0.05, 0.1) is 46.3 Å². The van der Waals surface area contributed by atoms with Crippen molar-refractivity contribution < 1.29 is 18.9 Å². The van der Waals surface area contributed by atoms with Crippen LogP contribution in [0.5, 0.6) is 11.5 Å². The molecule has 0 aliphatic carbocycles. The van der Waals surface area contributed by atoms with E-state index in [1.165, 1.54) is 35.2 Å². The maximum atomic E-state index is 5.89. The van der Waals surface area contributed by atoms with Gasteiger partial charge in [0, 0.05) is 37.2 Å². The van der Waals surface area contributed by atoms with Crippen molar-refractivity contribution in [2.24, 2.45) is 0 Å². The summed E-state index contributed by atoms with van der Waals surface area (Å²) in [6.45, 7) is 6.01. The Morgan fingerprint density at radius 2 is 1.43 bits per heavy atom. The zero-order valence-electron chi connectivity index (χ0n) is 24.7. The lowest BCUT2D eigenvalue weighted by molar-refractivity contribution is 0.0407. The van der Waals surface area contributed by atoms with Gasteiger partial charge in [-0.1, -0.05) is 36.4 Å². The van der Waals surface area contributed by atoms with Gasteiger partial charge in [-0.2, -0.15) is 0 Å². The zero-order chi connectivity index (χ0) is 29.0. The predicted octanol–water partition coefficient (Wildman–Crippen LogP) is 6.74. The van der Waals surface area contributed by atoms with Gasteiger partial charge in [-0.25, -0.2) is 4.98 Å². The Kier molecular flexibility index (Phi) is 11.1. The number of hydrogen-bond acceptors (Lipinski definition) is 8. The number of benzene rings is 3. The van der Waals surface area contributed by atoms with Gasteiger partial charge in [0.25, 0.3) is 0 Å². The first kappa shape index (κ1) is 29.9. The van der Waals surface area contributed by atoms with Crippen molar-refractivity contribution in [1.29, 1.82) is 0 Å². The molecule has 3 aromatic carbocycles. The number of nitrogens with zero attached hydrogens (tertiary/aromatic N) is 3. The molecule has 2 heterocycles. The topological polar surface area (TPSA) is 56.3 Å². The van der Waals surface area contributed by atoms with Gasteiger partial charge < -0.3 is 28.7 Å². The molecule has 1 aliphatic heterocycles. The summed E-state index contributed by atoms with van der Waals surface area (Å²) in [5.74, 6) is 1.73. The van der Waals surface area contributed by atoms with Gasteiger partial charge in [-0.3, -0.25) is 0 Å². The number of thiazole rings is 1. The minimum atomic E-state index is 0.466. The van der Waals surface area contributed by atoms with Crippen LogP contribution in [-0.2, 0) is 35.6 Å². The van der Waals surface area contributed by atoms with E-state index < -0.39 is 0 Å². The molecule has 0 radical (unpaired) electrons. The Hall–Kier alpha value is -3.59. The maximum absolute atomic E-state index is 5.89. The van der Waals surface area contributed by atoms with Gasteiger partial charge in [0.2, 0.25) is 0 Å². The molecule has 1 saturated heterocycles. The fourth-order valence-electron chi connectivity index (χ4n) is 5.11. The van der Waals surface area contributed by atoms with Gasteiger partial charge in [0.1, 0.15) is 11.5 Å². The van der Waals surface area contributed by atoms with E-state index in [0.29, 0.717) is 26.4 Å². The monoisotopic (exact) mass is 587 g/mol. The summed E-state index contributed by atoms with van der Waals surface area (Å²) in [5.41, 5.74) is 5.90. The third-order valence-electron chi connectivity index (χ3n) is 7.39. The highest BCUT2D eigenvalue weighted by molar-refractivity contribution is 7.13. The second kappa shape index (κ2) is 15.6. The molecule has 1 aromatic heterocycles. The Bertz CT molecular complexity index is 1370. The molecular weight excluding hydrogens is 546 g/mol. The van der Waals surface area contributed by atoms with Crippen LogP contribution < -0.4 is 19.3 Å². The summed E-state index contributed by atoms with van der Waals surface area (Å²) in [4.78, 5) is 9.74. The zero-order valence-corrected chi connectivity index (χ0v) is 25.5. The summed E-state index contributed by atoms with van der Waals surface area (Å²) in [6, 6.07) is 25.3. The number of aromatic nitrogens is 1. The Morgan fingerprint density at radius 3 is 2.17 bits per heavy atom. The van der Waals surface area contributed by atoms with Crippen molar-refractivity contribution in [3.05, 3.63) is 101 Å². The van der Waals surface area contributed by atoms with Crippen LogP contribution in [-0.4, -0.2) is 52.1 Å². The van der Waals surface area contributed by atoms with Crippen molar-refractivity contribution in [3.8, 4) is 11.5 Å². The third-order valence-corrected chi connectivity index (χ3v) is 8.34. The van der Waals surface area contributed by atoms with Crippen molar-refractivity contribution in [2.45, 2.75) is 39.0 Å². The second-order valence-electron chi connectivity index (χ2n) is 10.5. The fraction of sp³-hybridized carbons (Fsp3) is 0.382. The fourth-order valence-corrected chi connectivity index (χ4v) is 5.92. The highest BCUT2D eigenvalue weighted by atomic mass is 32.1. The molecule has 8 heteroatoms. The molecule has 0 amide bonds. The summed E-state index contributed by atoms with van der Waals surface area (Å²) < 4.78 is 22.4. The number of rotatable bonds is 16. The second-order valence-corrected chi connectivity index (χ2v) is 11.3. The van der Waals surface area contributed by atoms with E-state index in [0.717, 1.165) is 54.9 Å². The van der Waals surface area contributed by atoms with Crippen LogP contribution in [0.25, 0.3) is 0 Å². The van der Waals surface area contributed by atoms with Crippen molar-refractivity contribution >= 4 is 22.2 Å². The lowest BCUT2D eigenvalue weighted by atomic mass is 10.1. The molecule has 222 valence electrons. The minimum Gasteiger partial charge on any atom is -0.497 e. The molecule has 1 fully saturated rings. The molecule has 0 bridgehead atoms. The van der Waals surface area contributed by atoms with E-state index in [9.17, 15) is 0 Å².